The zero-order valence-electron chi connectivity index (χ0n) is 12.4. The topological polar surface area (TPSA) is 94.8 Å². The molecule has 5 unspecified atom stereocenters. The van der Waals surface area contributed by atoms with Crippen molar-refractivity contribution in [3.63, 3.8) is 0 Å². The smallest absolute Gasteiger partial charge is 0.307 e. The Labute approximate surface area is 136 Å². The predicted octanol–water partition coefficient (Wildman–Crippen LogP) is 2.01. The zero-order valence-corrected chi connectivity index (χ0v) is 13.2. The summed E-state index contributed by atoms with van der Waals surface area (Å²) in [6.45, 7) is 1.64. The average molecular weight is 340 g/mol. The summed E-state index contributed by atoms with van der Waals surface area (Å²) in [5.41, 5.74) is -0.444. The number of carboxylic acids is 2. The molecule has 3 rings (SSSR count). The zero-order chi connectivity index (χ0) is 16.9. The molecule has 5 nitrogen and oxygen atoms in total. The average Bonchev–Trinajstić information content (AvgIpc) is 3.07. The SMILES string of the molecule is Cc1cc(SCC23C(C(=O)O)CC(O)C2C3C(=O)O)ccc1F. The van der Waals surface area contributed by atoms with Crippen LogP contribution in [0.2, 0.25) is 0 Å². The highest BCUT2D eigenvalue weighted by molar-refractivity contribution is 7.99. The number of benzene rings is 1. The second-order valence-electron chi connectivity index (χ2n) is 6.35. The summed E-state index contributed by atoms with van der Waals surface area (Å²) in [5, 5.41) is 28.8. The third-order valence-electron chi connectivity index (χ3n) is 5.17. The third kappa shape index (κ3) is 2.42. The fourth-order valence-electron chi connectivity index (χ4n) is 4.04. The molecular formula is C16H17FO5S. The van der Waals surface area contributed by atoms with Gasteiger partial charge in [0.15, 0.2) is 0 Å². The first-order valence-electron chi connectivity index (χ1n) is 7.31. The van der Waals surface area contributed by atoms with Crippen molar-refractivity contribution in [2.45, 2.75) is 24.3 Å². The normalized spacial score (nSPS) is 34.9. The molecule has 1 aromatic rings. The van der Waals surface area contributed by atoms with Crippen LogP contribution in [-0.4, -0.2) is 39.1 Å². The quantitative estimate of drug-likeness (QED) is 0.710. The number of aliphatic hydroxyl groups excluding tert-OH is 1. The Morgan fingerprint density at radius 2 is 2.04 bits per heavy atom. The van der Waals surface area contributed by atoms with Crippen LogP contribution in [0.1, 0.15) is 12.0 Å². The molecule has 3 N–H and O–H groups in total. The van der Waals surface area contributed by atoms with Crippen LogP contribution < -0.4 is 0 Å². The van der Waals surface area contributed by atoms with E-state index < -0.39 is 41.2 Å². The molecule has 0 heterocycles. The highest BCUT2D eigenvalue weighted by Crippen LogP contribution is 2.72. The molecule has 5 atom stereocenters. The van der Waals surface area contributed by atoms with Gasteiger partial charge in [-0.05, 0) is 37.1 Å². The summed E-state index contributed by atoms with van der Waals surface area (Å²) in [6.07, 6.45) is -0.806. The Morgan fingerprint density at radius 3 is 2.57 bits per heavy atom. The fraction of sp³-hybridized carbons (Fsp3) is 0.500. The molecule has 23 heavy (non-hydrogen) atoms. The van der Waals surface area contributed by atoms with Crippen LogP contribution >= 0.6 is 11.8 Å². The van der Waals surface area contributed by atoms with E-state index in [4.69, 9.17) is 0 Å². The van der Waals surface area contributed by atoms with Crippen molar-refractivity contribution in [2.75, 3.05) is 5.75 Å². The lowest BCUT2D eigenvalue weighted by atomic mass is 9.88. The molecule has 2 fully saturated rings. The molecule has 124 valence electrons. The Bertz CT molecular complexity index is 678. The molecule has 2 aliphatic carbocycles. The summed E-state index contributed by atoms with van der Waals surface area (Å²) in [6, 6.07) is 4.59. The Balaban J connectivity index is 1.84. The summed E-state index contributed by atoms with van der Waals surface area (Å²) >= 11 is 1.32. The van der Waals surface area contributed by atoms with Gasteiger partial charge in [0.25, 0.3) is 0 Å². The highest BCUT2D eigenvalue weighted by atomic mass is 32.2. The summed E-state index contributed by atoms with van der Waals surface area (Å²) in [5.74, 6) is -4.37. The molecule has 0 saturated heterocycles. The molecule has 0 aromatic heterocycles. The predicted molar refractivity (Wildman–Crippen MR) is 80.7 cm³/mol. The van der Waals surface area contributed by atoms with E-state index in [0.29, 0.717) is 5.56 Å². The molecular weight excluding hydrogens is 323 g/mol. The lowest BCUT2D eigenvalue weighted by Crippen LogP contribution is -2.29. The minimum absolute atomic E-state index is 0.0901. The summed E-state index contributed by atoms with van der Waals surface area (Å²) < 4.78 is 13.3. The highest BCUT2D eigenvalue weighted by Gasteiger charge is 2.78. The van der Waals surface area contributed by atoms with Gasteiger partial charge in [0, 0.05) is 22.0 Å². The van der Waals surface area contributed by atoms with Gasteiger partial charge in [0.1, 0.15) is 5.82 Å². The van der Waals surface area contributed by atoms with Crippen molar-refractivity contribution in [2.24, 2.45) is 23.2 Å². The van der Waals surface area contributed by atoms with Gasteiger partial charge in [-0.25, -0.2) is 4.39 Å². The number of aliphatic hydroxyl groups is 1. The van der Waals surface area contributed by atoms with Gasteiger partial charge < -0.3 is 15.3 Å². The maximum absolute atomic E-state index is 13.3. The molecule has 0 aliphatic heterocycles. The monoisotopic (exact) mass is 340 g/mol. The first kappa shape index (κ1) is 16.3. The molecule has 1 aromatic carbocycles. The molecule has 0 bridgehead atoms. The lowest BCUT2D eigenvalue weighted by Gasteiger charge is -2.21. The van der Waals surface area contributed by atoms with E-state index in [-0.39, 0.29) is 18.0 Å². The van der Waals surface area contributed by atoms with Crippen LogP contribution in [0.15, 0.2) is 23.1 Å². The van der Waals surface area contributed by atoms with E-state index in [0.717, 1.165) is 4.90 Å². The number of hydrogen-bond acceptors (Lipinski definition) is 4. The third-order valence-corrected chi connectivity index (χ3v) is 6.40. The number of rotatable bonds is 5. The molecule has 0 spiro atoms. The summed E-state index contributed by atoms with van der Waals surface area (Å²) in [4.78, 5) is 23.7. The molecule has 7 heteroatoms. The number of aliphatic carboxylic acids is 2. The van der Waals surface area contributed by atoms with Crippen LogP contribution in [0.3, 0.4) is 0 Å². The van der Waals surface area contributed by atoms with Gasteiger partial charge >= 0.3 is 11.9 Å². The van der Waals surface area contributed by atoms with Gasteiger partial charge in [-0.3, -0.25) is 9.59 Å². The van der Waals surface area contributed by atoms with Gasteiger partial charge in [-0.1, -0.05) is 0 Å². The van der Waals surface area contributed by atoms with Crippen molar-refractivity contribution in [3.8, 4) is 0 Å². The first-order valence-corrected chi connectivity index (χ1v) is 8.30. The minimum atomic E-state index is -1.06. The van der Waals surface area contributed by atoms with Crippen molar-refractivity contribution in [1.29, 1.82) is 0 Å². The van der Waals surface area contributed by atoms with E-state index in [1.165, 1.54) is 17.8 Å². The number of carbonyl (C=O) groups is 2. The van der Waals surface area contributed by atoms with E-state index >= 15 is 0 Å². The second kappa shape index (κ2) is 5.49. The largest absolute Gasteiger partial charge is 0.481 e. The Hall–Kier alpha value is -1.60. The number of carboxylic acid groups (broad SMARTS) is 2. The Morgan fingerprint density at radius 1 is 1.35 bits per heavy atom. The number of thioether (sulfide) groups is 1. The van der Waals surface area contributed by atoms with E-state index in [9.17, 15) is 29.3 Å². The molecule has 0 amide bonds. The van der Waals surface area contributed by atoms with Crippen LogP contribution in [0.5, 0.6) is 0 Å². The van der Waals surface area contributed by atoms with Gasteiger partial charge in [0.05, 0.1) is 17.9 Å². The first-order chi connectivity index (χ1) is 10.8. The van der Waals surface area contributed by atoms with Gasteiger partial charge in [-0.15, -0.1) is 11.8 Å². The summed E-state index contributed by atoms with van der Waals surface area (Å²) in [7, 11) is 0. The van der Waals surface area contributed by atoms with Crippen LogP contribution in [-0.2, 0) is 9.59 Å². The number of hydrogen-bond donors (Lipinski definition) is 3. The van der Waals surface area contributed by atoms with E-state index in [1.54, 1.807) is 19.1 Å². The number of fused-ring (bicyclic) bond motifs is 1. The number of halogens is 1. The maximum Gasteiger partial charge on any atom is 0.307 e. The lowest BCUT2D eigenvalue weighted by molar-refractivity contribution is -0.146. The van der Waals surface area contributed by atoms with E-state index in [1.807, 2.05) is 0 Å². The van der Waals surface area contributed by atoms with Crippen LogP contribution in [0.25, 0.3) is 0 Å². The molecule has 2 saturated carbocycles. The second-order valence-corrected chi connectivity index (χ2v) is 7.40. The molecule has 0 radical (unpaired) electrons. The minimum Gasteiger partial charge on any atom is -0.481 e. The van der Waals surface area contributed by atoms with Crippen molar-refractivity contribution >= 4 is 23.7 Å². The van der Waals surface area contributed by atoms with Crippen LogP contribution in [0.4, 0.5) is 4.39 Å². The van der Waals surface area contributed by atoms with Gasteiger partial charge in [-0.2, -0.15) is 0 Å². The van der Waals surface area contributed by atoms with Crippen molar-refractivity contribution in [1.82, 2.24) is 0 Å². The van der Waals surface area contributed by atoms with E-state index in [2.05, 4.69) is 0 Å². The maximum atomic E-state index is 13.3. The van der Waals surface area contributed by atoms with Crippen molar-refractivity contribution < 1.29 is 29.3 Å². The Kier molecular flexibility index (Phi) is 3.88. The van der Waals surface area contributed by atoms with Crippen LogP contribution in [0, 0.1) is 35.9 Å². The van der Waals surface area contributed by atoms with Gasteiger partial charge in [0.2, 0.25) is 0 Å². The standard InChI is InChI=1S/C16H17FO5S/c1-7-4-8(2-3-10(7)17)23-6-16-9(14(19)20)5-11(18)12(16)13(16)15(21)22/h2-4,9,11-13,18H,5-6H2,1H3,(H,19,20)(H,21,22). The fourth-order valence-corrected chi connectivity index (χ4v) is 5.46. The van der Waals surface area contributed by atoms with Crippen molar-refractivity contribution in [3.05, 3.63) is 29.6 Å². The molecule has 2 aliphatic rings. The number of aryl methyl sites for hydroxylation is 1.